The van der Waals surface area contributed by atoms with Gasteiger partial charge < -0.3 is 33.7 Å². The normalized spacial score (nSPS) is 30.9. The van der Waals surface area contributed by atoms with Crippen molar-refractivity contribution in [1.82, 2.24) is 5.32 Å². The first-order valence-corrected chi connectivity index (χ1v) is 9.82. The number of rotatable bonds is 8. The van der Waals surface area contributed by atoms with Gasteiger partial charge >= 0.3 is 23.9 Å². The zero-order valence-corrected chi connectivity index (χ0v) is 17.6. The third-order valence-electron chi connectivity index (χ3n) is 4.57. The Morgan fingerprint density at radius 2 is 1.43 bits per heavy atom. The molecule has 0 bridgehead atoms. The van der Waals surface area contributed by atoms with Crippen LogP contribution in [0.1, 0.15) is 40.5 Å². The van der Waals surface area contributed by atoms with Crippen molar-refractivity contribution in [3.63, 3.8) is 0 Å². The molecule has 11 heteroatoms. The fourth-order valence-corrected chi connectivity index (χ4v) is 3.43. The van der Waals surface area contributed by atoms with Crippen LogP contribution in [0.4, 0.5) is 0 Å². The van der Waals surface area contributed by atoms with Gasteiger partial charge in [0.15, 0.2) is 24.6 Å². The molecule has 2 saturated heterocycles. The van der Waals surface area contributed by atoms with Crippen molar-refractivity contribution >= 4 is 23.9 Å². The molecule has 0 aromatic rings. The van der Waals surface area contributed by atoms with Gasteiger partial charge in [-0.15, -0.1) is 0 Å². The maximum absolute atomic E-state index is 11.7. The second-order valence-corrected chi connectivity index (χ2v) is 7.19. The summed E-state index contributed by atoms with van der Waals surface area (Å²) in [5.74, 6) is -2.59. The minimum Gasteiger partial charge on any atom is -0.463 e. The smallest absolute Gasteiger partial charge is 0.303 e. The number of ether oxygens (including phenoxy) is 6. The highest BCUT2D eigenvalue weighted by Gasteiger charge is 2.52. The molecule has 2 fully saturated rings. The van der Waals surface area contributed by atoms with Gasteiger partial charge in [-0.2, -0.15) is 0 Å². The van der Waals surface area contributed by atoms with Gasteiger partial charge in [0.25, 0.3) is 0 Å². The van der Waals surface area contributed by atoms with Gasteiger partial charge in [0.2, 0.25) is 0 Å². The Morgan fingerprint density at radius 1 is 0.833 bits per heavy atom. The summed E-state index contributed by atoms with van der Waals surface area (Å²) in [5, 5.41) is 3.27. The van der Waals surface area contributed by atoms with E-state index in [4.69, 9.17) is 28.4 Å². The minimum absolute atomic E-state index is 0.0943. The summed E-state index contributed by atoms with van der Waals surface area (Å²) < 4.78 is 32.7. The Labute approximate surface area is 174 Å². The highest BCUT2D eigenvalue weighted by atomic mass is 16.7. The van der Waals surface area contributed by atoms with Gasteiger partial charge in [-0.1, -0.05) is 0 Å². The third-order valence-corrected chi connectivity index (χ3v) is 4.57. The molecule has 11 nitrogen and oxygen atoms in total. The van der Waals surface area contributed by atoms with Gasteiger partial charge in [0.1, 0.15) is 12.7 Å². The molecule has 0 spiro atoms. The fourth-order valence-electron chi connectivity index (χ4n) is 3.43. The van der Waals surface area contributed by atoms with Crippen LogP contribution in [0.3, 0.4) is 0 Å². The lowest BCUT2D eigenvalue weighted by atomic mass is 9.98. The van der Waals surface area contributed by atoms with E-state index in [1.54, 1.807) is 0 Å². The monoisotopic (exact) mass is 431 g/mol. The summed E-state index contributed by atoms with van der Waals surface area (Å²) >= 11 is 0. The van der Waals surface area contributed by atoms with Crippen LogP contribution >= 0.6 is 0 Å². The summed E-state index contributed by atoms with van der Waals surface area (Å²) in [7, 11) is 0. The van der Waals surface area contributed by atoms with Crippen molar-refractivity contribution in [2.45, 2.75) is 77.3 Å². The average molecular weight is 431 g/mol. The quantitative estimate of drug-likeness (QED) is 0.405. The van der Waals surface area contributed by atoms with E-state index in [9.17, 15) is 19.2 Å². The zero-order chi connectivity index (χ0) is 22.3. The Morgan fingerprint density at radius 3 is 1.97 bits per heavy atom. The maximum Gasteiger partial charge on any atom is 0.303 e. The Kier molecular flexibility index (Phi) is 9.00. The second-order valence-electron chi connectivity index (χ2n) is 7.19. The average Bonchev–Trinajstić information content (AvgIpc) is 3.15. The molecule has 0 aliphatic carbocycles. The van der Waals surface area contributed by atoms with E-state index in [0.29, 0.717) is 0 Å². The molecule has 2 rings (SSSR count). The standard InChI is InChI=1S/C19H29NO10/c1-10(21)25-9-15-16(27-11(2)22)17(28-12(3)23)18(29-13(4)24)19(30-15)26-8-14-6-5-7-20-14/h14-20H,5-9H2,1-4H3/t14?,15-,16+,17+,18-,19-/m1/s1. The number of carbonyl (C=O) groups is 4. The molecule has 2 aliphatic rings. The van der Waals surface area contributed by atoms with E-state index in [-0.39, 0.29) is 19.3 Å². The third kappa shape index (κ3) is 7.22. The summed E-state index contributed by atoms with van der Waals surface area (Å²) in [5.41, 5.74) is 0. The lowest BCUT2D eigenvalue weighted by molar-refractivity contribution is -0.308. The molecule has 0 radical (unpaired) electrons. The summed E-state index contributed by atoms with van der Waals surface area (Å²) in [6.07, 6.45) is -3.81. The number of carbonyl (C=O) groups excluding carboxylic acids is 4. The van der Waals surface area contributed by atoms with Crippen LogP contribution in [0, 0.1) is 0 Å². The van der Waals surface area contributed by atoms with Crippen LogP contribution in [-0.2, 0) is 47.6 Å². The largest absolute Gasteiger partial charge is 0.463 e. The van der Waals surface area contributed by atoms with E-state index in [0.717, 1.165) is 19.4 Å². The molecule has 0 aromatic carbocycles. The lowest BCUT2D eigenvalue weighted by Gasteiger charge is -2.44. The lowest BCUT2D eigenvalue weighted by Crippen LogP contribution is -2.63. The van der Waals surface area contributed by atoms with E-state index in [2.05, 4.69) is 5.32 Å². The first-order valence-electron chi connectivity index (χ1n) is 9.82. The number of hydrogen-bond acceptors (Lipinski definition) is 11. The highest BCUT2D eigenvalue weighted by molar-refractivity contribution is 5.68. The number of nitrogens with one attached hydrogen (secondary N) is 1. The topological polar surface area (TPSA) is 136 Å². The molecule has 2 aliphatic heterocycles. The first-order chi connectivity index (χ1) is 14.2. The van der Waals surface area contributed by atoms with Gasteiger partial charge in [-0.3, -0.25) is 19.2 Å². The van der Waals surface area contributed by atoms with Crippen molar-refractivity contribution in [3.05, 3.63) is 0 Å². The molecule has 30 heavy (non-hydrogen) atoms. The van der Waals surface area contributed by atoms with E-state index < -0.39 is 54.6 Å². The Bertz CT molecular complexity index is 633. The molecule has 2 heterocycles. The molecule has 170 valence electrons. The Hall–Kier alpha value is -2.24. The van der Waals surface area contributed by atoms with Crippen LogP contribution in [0.15, 0.2) is 0 Å². The molecule has 1 N–H and O–H groups in total. The molecule has 0 aromatic heterocycles. The van der Waals surface area contributed by atoms with Crippen molar-refractivity contribution in [1.29, 1.82) is 0 Å². The van der Waals surface area contributed by atoms with Gasteiger partial charge in [-0.25, -0.2) is 0 Å². The minimum atomic E-state index is -1.22. The highest BCUT2D eigenvalue weighted by Crippen LogP contribution is 2.30. The molecular weight excluding hydrogens is 402 g/mol. The van der Waals surface area contributed by atoms with Crippen LogP contribution < -0.4 is 5.32 Å². The number of esters is 4. The van der Waals surface area contributed by atoms with Crippen LogP contribution in [-0.4, -0.2) is 80.4 Å². The molecule has 0 amide bonds. The van der Waals surface area contributed by atoms with E-state index >= 15 is 0 Å². The van der Waals surface area contributed by atoms with Crippen molar-refractivity contribution < 1.29 is 47.6 Å². The predicted molar refractivity (Wildman–Crippen MR) is 98.9 cm³/mol. The second kappa shape index (κ2) is 11.2. The van der Waals surface area contributed by atoms with Crippen molar-refractivity contribution in [3.8, 4) is 0 Å². The van der Waals surface area contributed by atoms with Crippen LogP contribution in [0.2, 0.25) is 0 Å². The number of hydrogen-bond donors (Lipinski definition) is 1. The molecular formula is C19H29NO10. The Balaban J connectivity index is 2.29. The van der Waals surface area contributed by atoms with Crippen molar-refractivity contribution in [2.75, 3.05) is 19.8 Å². The molecule has 0 saturated carbocycles. The van der Waals surface area contributed by atoms with Crippen LogP contribution in [0.25, 0.3) is 0 Å². The molecule has 6 atom stereocenters. The van der Waals surface area contributed by atoms with Crippen molar-refractivity contribution in [2.24, 2.45) is 0 Å². The summed E-state index contributed by atoms with van der Waals surface area (Å²) in [6, 6.07) is 0.0943. The SMILES string of the molecule is CC(=O)OC[C@H]1O[C@@H](OCC2CCCN2)[C@H](OC(C)=O)[C@@H](OC(C)=O)[C@H]1OC(C)=O. The summed E-state index contributed by atoms with van der Waals surface area (Å²) in [6.45, 7) is 5.59. The van der Waals surface area contributed by atoms with Gasteiger partial charge in [0.05, 0.1) is 6.61 Å². The fraction of sp³-hybridized carbons (Fsp3) is 0.789. The maximum atomic E-state index is 11.7. The van der Waals surface area contributed by atoms with Crippen LogP contribution in [0.5, 0.6) is 0 Å². The van der Waals surface area contributed by atoms with Gasteiger partial charge in [0, 0.05) is 33.7 Å². The molecule has 1 unspecified atom stereocenters. The predicted octanol–water partition coefficient (Wildman–Crippen LogP) is -0.162. The first kappa shape index (κ1) is 24.0. The van der Waals surface area contributed by atoms with Gasteiger partial charge in [-0.05, 0) is 19.4 Å². The summed E-state index contributed by atoms with van der Waals surface area (Å²) in [4.78, 5) is 46.4. The van der Waals surface area contributed by atoms with E-state index in [1.165, 1.54) is 27.7 Å². The zero-order valence-electron chi connectivity index (χ0n) is 17.6. The van der Waals surface area contributed by atoms with E-state index in [1.807, 2.05) is 0 Å².